The first-order chi connectivity index (χ1) is 9.44. The molecule has 0 saturated carbocycles. The van der Waals surface area contributed by atoms with Crippen molar-refractivity contribution in [3.8, 4) is 0 Å². The van der Waals surface area contributed by atoms with Crippen molar-refractivity contribution in [1.82, 2.24) is 4.90 Å². The van der Waals surface area contributed by atoms with Gasteiger partial charge in [0.2, 0.25) is 5.91 Å². The van der Waals surface area contributed by atoms with E-state index in [1.165, 1.54) is 6.42 Å². The van der Waals surface area contributed by atoms with E-state index in [-0.39, 0.29) is 5.91 Å². The molecular weight excluding hydrogens is 272 g/mol. The number of benzene rings is 1. The summed E-state index contributed by atoms with van der Waals surface area (Å²) in [5.41, 5.74) is 1.84. The molecule has 1 N–H and O–H groups in total. The minimum absolute atomic E-state index is 0.0525. The van der Waals surface area contributed by atoms with Crippen LogP contribution in [0.2, 0.25) is 5.02 Å². The van der Waals surface area contributed by atoms with E-state index in [9.17, 15) is 4.79 Å². The predicted octanol–water partition coefficient (Wildman–Crippen LogP) is 3.56. The number of likely N-dealkylation sites (tertiary alicyclic amines) is 1. The van der Waals surface area contributed by atoms with E-state index < -0.39 is 0 Å². The number of amides is 1. The summed E-state index contributed by atoms with van der Waals surface area (Å²) >= 11 is 5.92. The van der Waals surface area contributed by atoms with Crippen LogP contribution in [0.1, 0.15) is 25.8 Å². The minimum atomic E-state index is 0.0525. The summed E-state index contributed by atoms with van der Waals surface area (Å²) in [7, 11) is 0. The molecule has 1 fully saturated rings. The molecule has 4 heteroatoms. The molecule has 1 amide bonds. The average molecular weight is 295 g/mol. The summed E-state index contributed by atoms with van der Waals surface area (Å²) in [6.07, 6.45) is 1.26. The van der Waals surface area contributed by atoms with Crippen molar-refractivity contribution >= 4 is 23.2 Å². The van der Waals surface area contributed by atoms with Crippen LogP contribution in [0.25, 0.3) is 0 Å². The smallest absolute Gasteiger partial charge is 0.238 e. The van der Waals surface area contributed by atoms with E-state index in [0.717, 1.165) is 24.3 Å². The molecular formula is C16H23ClN2O. The van der Waals surface area contributed by atoms with Crippen molar-refractivity contribution in [3.63, 3.8) is 0 Å². The first-order valence-corrected chi connectivity index (χ1v) is 7.60. The number of rotatable bonds is 3. The fraction of sp³-hybridized carbons (Fsp3) is 0.562. The summed E-state index contributed by atoms with van der Waals surface area (Å²) in [6.45, 7) is 8.95. The average Bonchev–Trinajstić information content (AvgIpc) is 2.31. The molecule has 1 aliphatic heterocycles. The molecule has 1 aromatic rings. The third-order valence-corrected chi connectivity index (χ3v) is 4.01. The zero-order valence-electron chi connectivity index (χ0n) is 12.4. The lowest BCUT2D eigenvalue weighted by molar-refractivity contribution is -0.117. The molecule has 2 atom stereocenters. The maximum Gasteiger partial charge on any atom is 0.238 e. The van der Waals surface area contributed by atoms with Crippen LogP contribution in [0.15, 0.2) is 18.2 Å². The summed E-state index contributed by atoms with van der Waals surface area (Å²) in [5.74, 6) is 1.39. The van der Waals surface area contributed by atoms with Gasteiger partial charge in [0.05, 0.1) is 6.54 Å². The Bertz CT molecular complexity index is 479. The van der Waals surface area contributed by atoms with Gasteiger partial charge in [0, 0.05) is 23.8 Å². The lowest BCUT2D eigenvalue weighted by atomic mass is 9.92. The number of hydrogen-bond acceptors (Lipinski definition) is 2. The molecule has 1 saturated heterocycles. The molecule has 1 heterocycles. The second kappa shape index (κ2) is 6.59. The first-order valence-electron chi connectivity index (χ1n) is 7.22. The second-order valence-electron chi connectivity index (χ2n) is 6.15. The van der Waals surface area contributed by atoms with Gasteiger partial charge in [-0.3, -0.25) is 9.69 Å². The van der Waals surface area contributed by atoms with E-state index in [1.807, 2.05) is 19.1 Å². The fourth-order valence-electron chi connectivity index (χ4n) is 3.08. The quantitative estimate of drug-likeness (QED) is 0.924. The molecule has 3 nitrogen and oxygen atoms in total. The summed E-state index contributed by atoms with van der Waals surface area (Å²) in [5, 5.41) is 3.67. The van der Waals surface area contributed by atoms with Crippen LogP contribution in [0, 0.1) is 18.8 Å². The number of aryl methyl sites for hydroxylation is 1. The summed E-state index contributed by atoms with van der Waals surface area (Å²) < 4.78 is 0. The molecule has 20 heavy (non-hydrogen) atoms. The van der Waals surface area contributed by atoms with Crippen LogP contribution < -0.4 is 5.32 Å². The van der Waals surface area contributed by atoms with E-state index >= 15 is 0 Å². The van der Waals surface area contributed by atoms with Crippen molar-refractivity contribution < 1.29 is 4.79 Å². The summed E-state index contributed by atoms with van der Waals surface area (Å²) in [4.78, 5) is 14.4. The van der Waals surface area contributed by atoms with E-state index in [0.29, 0.717) is 23.4 Å². The Kier molecular flexibility index (Phi) is 5.06. The molecule has 0 radical (unpaired) electrons. The highest BCUT2D eigenvalue weighted by Gasteiger charge is 2.23. The molecule has 0 spiro atoms. The second-order valence-corrected chi connectivity index (χ2v) is 6.58. The van der Waals surface area contributed by atoms with Gasteiger partial charge in [0.15, 0.2) is 0 Å². The lowest BCUT2D eigenvalue weighted by Gasteiger charge is -2.34. The third-order valence-electron chi connectivity index (χ3n) is 3.77. The Morgan fingerprint density at radius 2 is 2.00 bits per heavy atom. The molecule has 0 bridgehead atoms. The fourth-order valence-corrected chi connectivity index (χ4v) is 3.31. The Morgan fingerprint density at radius 3 is 2.60 bits per heavy atom. The topological polar surface area (TPSA) is 32.3 Å². The van der Waals surface area contributed by atoms with Gasteiger partial charge in [0.25, 0.3) is 0 Å². The number of piperidine rings is 1. The molecule has 1 aromatic carbocycles. The zero-order chi connectivity index (χ0) is 14.7. The monoisotopic (exact) mass is 294 g/mol. The predicted molar refractivity (Wildman–Crippen MR) is 84.2 cm³/mol. The van der Waals surface area contributed by atoms with Crippen LogP contribution >= 0.6 is 11.6 Å². The Labute approximate surface area is 126 Å². The number of hydrogen-bond donors (Lipinski definition) is 1. The van der Waals surface area contributed by atoms with Crippen LogP contribution in [-0.4, -0.2) is 30.4 Å². The Morgan fingerprint density at radius 1 is 1.35 bits per heavy atom. The highest BCUT2D eigenvalue weighted by atomic mass is 35.5. The molecule has 2 rings (SSSR count). The number of carbonyl (C=O) groups excluding carboxylic acids is 1. The van der Waals surface area contributed by atoms with Crippen molar-refractivity contribution in [2.45, 2.75) is 27.2 Å². The van der Waals surface area contributed by atoms with Crippen molar-refractivity contribution in [3.05, 3.63) is 28.8 Å². The number of nitrogens with one attached hydrogen (secondary N) is 1. The van der Waals surface area contributed by atoms with E-state index in [4.69, 9.17) is 11.6 Å². The minimum Gasteiger partial charge on any atom is -0.325 e. The maximum absolute atomic E-state index is 12.1. The zero-order valence-corrected chi connectivity index (χ0v) is 13.2. The molecule has 110 valence electrons. The van der Waals surface area contributed by atoms with Crippen LogP contribution in [0.4, 0.5) is 5.69 Å². The van der Waals surface area contributed by atoms with Gasteiger partial charge in [-0.15, -0.1) is 0 Å². The molecule has 0 aliphatic carbocycles. The highest BCUT2D eigenvalue weighted by molar-refractivity contribution is 6.30. The van der Waals surface area contributed by atoms with E-state index in [1.54, 1.807) is 6.07 Å². The van der Waals surface area contributed by atoms with Gasteiger partial charge in [-0.05, 0) is 48.9 Å². The van der Waals surface area contributed by atoms with Gasteiger partial charge in [-0.25, -0.2) is 0 Å². The van der Waals surface area contributed by atoms with Gasteiger partial charge >= 0.3 is 0 Å². The Hall–Kier alpha value is -1.06. The van der Waals surface area contributed by atoms with Gasteiger partial charge in [-0.1, -0.05) is 25.4 Å². The summed E-state index contributed by atoms with van der Waals surface area (Å²) in [6, 6.07) is 5.52. The number of carbonyl (C=O) groups is 1. The van der Waals surface area contributed by atoms with Gasteiger partial charge in [-0.2, -0.15) is 0 Å². The standard InChI is InChI=1S/C16H23ClN2O/c1-11-6-12(2)9-19(8-11)10-16(20)18-15-5-4-14(17)7-13(15)3/h4-5,7,11-12H,6,8-10H2,1-3H3,(H,18,20)/t11-,12-/m1/s1. The third kappa shape index (κ3) is 4.22. The molecule has 0 aromatic heterocycles. The van der Waals surface area contributed by atoms with Crippen LogP contribution in [-0.2, 0) is 4.79 Å². The van der Waals surface area contributed by atoms with Crippen molar-refractivity contribution in [2.75, 3.05) is 25.0 Å². The highest BCUT2D eigenvalue weighted by Crippen LogP contribution is 2.22. The van der Waals surface area contributed by atoms with Gasteiger partial charge < -0.3 is 5.32 Å². The van der Waals surface area contributed by atoms with Gasteiger partial charge in [0.1, 0.15) is 0 Å². The molecule has 1 aliphatic rings. The number of anilines is 1. The number of halogens is 1. The van der Waals surface area contributed by atoms with E-state index in [2.05, 4.69) is 24.1 Å². The van der Waals surface area contributed by atoms with Crippen molar-refractivity contribution in [2.24, 2.45) is 11.8 Å². The normalized spacial score (nSPS) is 23.6. The first kappa shape index (κ1) is 15.3. The maximum atomic E-state index is 12.1. The van der Waals surface area contributed by atoms with Crippen molar-refractivity contribution in [1.29, 1.82) is 0 Å². The SMILES string of the molecule is Cc1cc(Cl)ccc1NC(=O)CN1C[C@H](C)C[C@@H](C)C1. The molecule has 0 unspecified atom stereocenters. The Balaban J connectivity index is 1.92. The van der Waals surface area contributed by atoms with Crippen LogP contribution in [0.3, 0.4) is 0 Å². The number of nitrogens with zero attached hydrogens (tertiary/aromatic N) is 1. The van der Waals surface area contributed by atoms with Crippen LogP contribution in [0.5, 0.6) is 0 Å². The largest absolute Gasteiger partial charge is 0.325 e. The lowest BCUT2D eigenvalue weighted by Crippen LogP contribution is -2.42.